The Morgan fingerprint density at radius 1 is 1.19 bits per heavy atom. The highest BCUT2D eigenvalue weighted by atomic mass is 16.6. The molecule has 9 heteroatoms. The number of rotatable bonds is 5. The van der Waals surface area contributed by atoms with E-state index >= 15 is 0 Å². The lowest BCUT2D eigenvalue weighted by Gasteiger charge is -2.40. The molecule has 1 saturated heterocycles. The molecule has 0 spiro atoms. The monoisotopic (exact) mass is 431 g/mol. The number of carbonyl (C=O) groups excluding carboxylic acids is 1. The quantitative estimate of drug-likeness (QED) is 0.569. The smallest absolute Gasteiger partial charge is 0.410 e. The Hall–Kier alpha value is -2.32. The number of amides is 1. The number of carbonyl (C=O) groups is 1. The predicted octanol–water partition coefficient (Wildman–Crippen LogP) is 2.41. The maximum atomic E-state index is 12.9. The van der Waals surface area contributed by atoms with Crippen molar-refractivity contribution in [2.45, 2.75) is 84.0 Å². The van der Waals surface area contributed by atoms with Crippen LogP contribution >= 0.6 is 0 Å². The molecular weight excluding hydrogens is 394 g/mol. The van der Waals surface area contributed by atoms with Crippen molar-refractivity contribution < 1.29 is 9.53 Å². The lowest BCUT2D eigenvalue weighted by Crippen LogP contribution is -2.52. The van der Waals surface area contributed by atoms with Gasteiger partial charge in [-0.2, -0.15) is 0 Å². The highest BCUT2D eigenvalue weighted by Gasteiger charge is 2.35. The zero-order valence-corrected chi connectivity index (χ0v) is 19.4. The fourth-order valence-corrected chi connectivity index (χ4v) is 4.49. The first-order valence-electron chi connectivity index (χ1n) is 11.7. The van der Waals surface area contributed by atoms with E-state index in [0.29, 0.717) is 12.5 Å². The molecule has 0 aromatic carbocycles. The van der Waals surface area contributed by atoms with Crippen LogP contribution in [0.2, 0.25) is 0 Å². The van der Waals surface area contributed by atoms with Gasteiger partial charge in [-0.3, -0.25) is 4.99 Å². The number of likely N-dealkylation sites (tertiary alicyclic amines) is 1. The fraction of sp³-hybridized carbons (Fsp3) is 0.818. The van der Waals surface area contributed by atoms with E-state index in [1.807, 2.05) is 32.7 Å². The van der Waals surface area contributed by atoms with Crippen LogP contribution in [-0.2, 0) is 24.2 Å². The third-order valence-electron chi connectivity index (χ3n) is 6.29. The highest BCUT2D eigenvalue weighted by molar-refractivity contribution is 5.80. The zero-order chi connectivity index (χ0) is 22.0. The molecule has 0 unspecified atom stereocenters. The standard InChI is InChI=1S/C22H37N7O2/c1-22(2,3)31-21(30)29(15-16-7-8-16)17-9-12-27(13-10-17)20(23-4)24-14-19-26-25-18-6-5-11-28(18)19/h16-17H,5-15H2,1-4H3,(H,23,24). The van der Waals surface area contributed by atoms with Crippen LogP contribution < -0.4 is 5.32 Å². The van der Waals surface area contributed by atoms with Crippen LogP contribution in [0, 0.1) is 5.92 Å². The average molecular weight is 432 g/mol. The van der Waals surface area contributed by atoms with E-state index in [4.69, 9.17) is 4.74 Å². The molecule has 3 heterocycles. The molecule has 1 saturated carbocycles. The van der Waals surface area contributed by atoms with E-state index in [1.54, 1.807) is 0 Å². The van der Waals surface area contributed by atoms with Gasteiger partial charge in [0.1, 0.15) is 11.4 Å². The van der Waals surface area contributed by atoms with Gasteiger partial charge >= 0.3 is 6.09 Å². The normalized spacial score (nSPS) is 20.0. The number of piperidine rings is 1. The van der Waals surface area contributed by atoms with Gasteiger partial charge in [-0.25, -0.2) is 4.79 Å². The van der Waals surface area contributed by atoms with Gasteiger partial charge in [-0.05, 0) is 58.8 Å². The van der Waals surface area contributed by atoms with Gasteiger partial charge in [-0.15, -0.1) is 10.2 Å². The second-order valence-corrected chi connectivity index (χ2v) is 9.98. The van der Waals surface area contributed by atoms with Crippen LogP contribution in [0.25, 0.3) is 0 Å². The molecule has 1 amide bonds. The van der Waals surface area contributed by atoms with Crippen molar-refractivity contribution in [3.63, 3.8) is 0 Å². The summed E-state index contributed by atoms with van der Waals surface area (Å²) < 4.78 is 7.93. The highest BCUT2D eigenvalue weighted by Crippen LogP contribution is 2.32. The second-order valence-electron chi connectivity index (χ2n) is 9.98. The predicted molar refractivity (Wildman–Crippen MR) is 119 cm³/mol. The lowest BCUT2D eigenvalue weighted by molar-refractivity contribution is 0.00928. The van der Waals surface area contributed by atoms with E-state index < -0.39 is 5.60 Å². The van der Waals surface area contributed by atoms with Crippen molar-refractivity contribution in [2.24, 2.45) is 10.9 Å². The Balaban J connectivity index is 1.31. The minimum absolute atomic E-state index is 0.166. The topological polar surface area (TPSA) is 87.9 Å². The van der Waals surface area contributed by atoms with Gasteiger partial charge < -0.3 is 24.4 Å². The molecular formula is C22H37N7O2. The molecule has 1 aromatic heterocycles. The van der Waals surface area contributed by atoms with Gasteiger partial charge in [0.15, 0.2) is 11.8 Å². The number of aliphatic imine (C=N–C) groups is 1. The maximum Gasteiger partial charge on any atom is 0.410 e. The molecule has 2 fully saturated rings. The number of fused-ring (bicyclic) bond motifs is 1. The van der Waals surface area contributed by atoms with Crippen molar-refractivity contribution >= 4 is 12.1 Å². The minimum atomic E-state index is -0.465. The number of hydrogen-bond acceptors (Lipinski definition) is 5. The zero-order valence-electron chi connectivity index (χ0n) is 19.4. The summed E-state index contributed by atoms with van der Waals surface area (Å²) in [5.74, 6) is 3.60. The Morgan fingerprint density at radius 3 is 2.58 bits per heavy atom. The molecule has 3 aliphatic rings. The van der Waals surface area contributed by atoms with E-state index in [0.717, 1.165) is 69.5 Å². The van der Waals surface area contributed by atoms with Crippen molar-refractivity contribution in [1.29, 1.82) is 0 Å². The fourth-order valence-electron chi connectivity index (χ4n) is 4.49. The molecule has 1 N–H and O–H groups in total. The molecule has 0 radical (unpaired) electrons. The second kappa shape index (κ2) is 9.04. The Kier molecular flexibility index (Phi) is 6.39. The number of nitrogens with zero attached hydrogens (tertiary/aromatic N) is 6. The third kappa shape index (κ3) is 5.49. The van der Waals surface area contributed by atoms with E-state index in [2.05, 4.69) is 30.0 Å². The number of guanidine groups is 1. The van der Waals surface area contributed by atoms with Crippen LogP contribution in [0.4, 0.5) is 4.79 Å². The number of aromatic nitrogens is 3. The molecule has 1 aliphatic carbocycles. The lowest BCUT2D eigenvalue weighted by atomic mass is 10.0. The van der Waals surface area contributed by atoms with Crippen molar-refractivity contribution in [1.82, 2.24) is 29.9 Å². The SMILES string of the molecule is CN=C(NCc1nnc2n1CCC2)N1CCC(N(CC2CC2)C(=O)OC(C)(C)C)CC1. The van der Waals surface area contributed by atoms with Crippen LogP contribution in [0.3, 0.4) is 0 Å². The van der Waals surface area contributed by atoms with Crippen molar-refractivity contribution in [3.05, 3.63) is 11.6 Å². The maximum absolute atomic E-state index is 12.9. The average Bonchev–Trinajstić information content (AvgIpc) is 3.28. The number of aryl methyl sites for hydroxylation is 1. The molecule has 0 bridgehead atoms. The van der Waals surface area contributed by atoms with Gasteiger partial charge in [0.25, 0.3) is 0 Å². The molecule has 4 rings (SSSR count). The molecule has 9 nitrogen and oxygen atoms in total. The summed E-state index contributed by atoms with van der Waals surface area (Å²) in [6, 6.07) is 0.226. The van der Waals surface area contributed by atoms with Gasteiger partial charge in [0, 0.05) is 45.7 Å². The summed E-state index contributed by atoms with van der Waals surface area (Å²) in [5.41, 5.74) is -0.465. The molecule has 0 atom stereocenters. The molecule has 31 heavy (non-hydrogen) atoms. The van der Waals surface area contributed by atoms with Gasteiger partial charge in [-0.1, -0.05) is 0 Å². The minimum Gasteiger partial charge on any atom is -0.444 e. The summed E-state index contributed by atoms with van der Waals surface area (Å²) >= 11 is 0. The Labute approximate surface area is 185 Å². The van der Waals surface area contributed by atoms with E-state index in [9.17, 15) is 4.79 Å². The summed E-state index contributed by atoms with van der Waals surface area (Å²) in [7, 11) is 1.82. The van der Waals surface area contributed by atoms with E-state index in [1.165, 1.54) is 12.8 Å². The number of hydrogen-bond donors (Lipinski definition) is 1. The van der Waals surface area contributed by atoms with Crippen LogP contribution in [0.5, 0.6) is 0 Å². The molecule has 2 aliphatic heterocycles. The van der Waals surface area contributed by atoms with Gasteiger partial charge in [0.05, 0.1) is 6.54 Å². The van der Waals surface area contributed by atoms with Crippen molar-refractivity contribution in [2.75, 3.05) is 26.7 Å². The number of nitrogens with one attached hydrogen (secondary N) is 1. The van der Waals surface area contributed by atoms with Crippen molar-refractivity contribution in [3.8, 4) is 0 Å². The Bertz CT molecular complexity index is 801. The summed E-state index contributed by atoms with van der Waals surface area (Å²) in [6.07, 6.45) is 6.29. The molecule has 1 aromatic rings. The van der Waals surface area contributed by atoms with E-state index in [-0.39, 0.29) is 12.1 Å². The summed E-state index contributed by atoms with van der Waals surface area (Å²) in [5, 5.41) is 12.1. The summed E-state index contributed by atoms with van der Waals surface area (Å²) in [4.78, 5) is 21.6. The molecule has 172 valence electrons. The third-order valence-corrected chi connectivity index (χ3v) is 6.29. The van der Waals surface area contributed by atoms with Crippen LogP contribution in [0.15, 0.2) is 4.99 Å². The first kappa shape index (κ1) is 21.9. The Morgan fingerprint density at radius 2 is 1.94 bits per heavy atom. The number of ether oxygens (including phenoxy) is 1. The summed E-state index contributed by atoms with van der Waals surface area (Å²) in [6.45, 7) is 9.99. The first-order chi connectivity index (χ1) is 14.8. The largest absolute Gasteiger partial charge is 0.444 e. The van der Waals surface area contributed by atoms with Crippen LogP contribution in [-0.4, -0.2) is 74.9 Å². The van der Waals surface area contributed by atoms with Gasteiger partial charge in [0.2, 0.25) is 0 Å². The first-order valence-corrected chi connectivity index (χ1v) is 11.7. The van der Waals surface area contributed by atoms with Crippen LogP contribution in [0.1, 0.15) is 64.5 Å².